The average Bonchev–Trinajstić information content (AvgIpc) is 2.52. The molecule has 1 aliphatic rings. The topological polar surface area (TPSA) is 56.3 Å². The standard InChI is InChI=1S/C15H24BrN3O2/c1-17-14-12(16)11(9-20-2)18-15(19-14)13(21-3)10-7-5-4-6-8-10/h10,13H,4-9H2,1-3H3,(H,17,18,19). The maximum atomic E-state index is 5.74. The Morgan fingerprint density at radius 3 is 2.52 bits per heavy atom. The van der Waals surface area contributed by atoms with Gasteiger partial charge in [0.15, 0.2) is 5.82 Å². The van der Waals surface area contributed by atoms with Crippen LogP contribution in [0.4, 0.5) is 5.82 Å². The van der Waals surface area contributed by atoms with Gasteiger partial charge >= 0.3 is 0 Å². The van der Waals surface area contributed by atoms with E-state index in [2.05, 4.69) is 31.2 Å². The molecule has 0 spiro atoms. The van der Waals surface area contributed by atoms with E-state index in [1.165, 1.54) is 32.1 Å². The fourth-order valence-corrected chi connectivity index (χ4v) is 3.47. The first-order valence-corrected chi connectivity index (χ1v) is 8.26. The van der Waals surface area contributed by atoms with Crippen molar-refractivity contribution in [2.75, 3.05) is 26.6 Å². The number of anilines is 1. The van der Waals surface area contributed by atoms with Gasteiger partial charge in [-0.1, -0.05) is 19.3 Å². The number of methoxy groups -OCH3 is 2. The molecule has 1 unspecified atom stereocenters. The van der Waals surface area contributed by atoms with Gasteiger partial charge in [-0.05, 0) is 34.7 Å². The highest BCUT2D eigenvalue weighted by molar-refractivity contribution is 9.10. The van der Waals surface area contributed by atoms with Gasteiger partial charge in [0.25, 0.3) is 0 Å². The third-order valence-electron chi connectivity index (χ3n) is 4.04. The summed E-state index contributed by atoms with van der Waals surface area (Å²) >= 11 is 3.54. The molecule has 0 bridgehead atoms. The second kappa shape index (κ2) is 8.06. The van der Waals surface area contributed by atoms with Crippen LogP contribution in [0, 0.1) is 5.92 Å². The molecule has 1 heterocycles. The minimum atomic E-state index is -0.0406. The number of rotatable bonds is 6. The molecule has 5 nitrogen and oxygen atoms in total. The predicted octanol–water partition coefficient (Wildman–Crippen LogP) is 3.70. The lowest BCUT2D eigenvalue weighted by molar-refractivity contribution is 0.0285. The van der Waals surface area contributed by atoms with Crippen molar-refractivity contribution in [3.8, 4) is 0 Å². The van der Waals surface area contributed by atoms with Crippen molar-refractivity contribution in [1.29, 1.82) is 0 Å². The highest BCUT2D eigenvalue weighted by Gasteiger charge is 2.28. The van der Waals surface area contributed by atoms with Crippen LogP contribution in [0.15, 0.2) is 4.47 Å². The molecule has 1 N–H and O–H groups in total. The summed E-state index contributed by atoms with van der Waals surface area (Å²) in [6.07, 6.45) is 6.19. The Morgan fingerprint density at radius 2 is 1.95 bits per heavy atom. The van der Waals surface area contributed by atoms with Crippen LogP contribution in [-0.2, 0) is 16.1 Å². The van der Waals surface area contributed by atoms with Crippen molar-refractivity contribution in [1.82, 2.24) is 9.97 Å². The number of nitrogens with one attached hydrogen (secondary N) is 1. The molecule has 0 amide bonds. The van der Waals surface area contributed by atoms with Crippen LogP contribution in [-0.4, -0.2) is 31.2 Å². The Bertz CT molecular complexity index is 464. The van der Waals surface area contributed by atoms with Crippen molar-refractivity contribution in [3.05, 3.63) is 16.0 Å². The summed E-state index contributed by atoms with van der Waals surface area (Å²) in [5, 5.41) is 3.11. The molecule has 1 saturated carbocycles. The lowest BCUT2D eigenvalue weighted by Crippen LogP contribution is -2.21. The minimum Gasteiger partial charge on any atom is -0.378 e. The lowest BCUT2D eigenvalue weighted by atomic mass is 9.85. The van der Waals surface area contributed by atoms with E-state index >= 15 is 0 Å². The zero-order valence-corrected chi connectivity index (χ0v) is 14.6. The van der Waals surface area contributed by atoms with E-state index in [9.17, 15) is 0 Å². The molecule has 1 atom stereocenters. The maximum absolute atomic E-state index is 5.74. The van der Waals surface area contributed by atoms with Gasteiger partial charge in [-0.2, -0.15) is 0 Å². The summed E-state index contributed by atoms with van der Waals surface area (Å²) in [4.78, 5) is 9.30. The second-order valence-electron chi connectivity index (χ2n) is 5.43. The van der Waals surface area contributed by atoms with Crippen LogP contribution in [0.5, 0.6) is 0 Å². The molecule has 0 radical (unpaired) electrons. The van der Waals surface area contributed by atoms with Crippen molar-refractivity contribution in [3.63, 3.8) is 0 Å². The van der Waals surface area contributed by atoms with Gasteiger partial charge in [0, 0.05) is 21.3 Å². The van der Waals surface area contributed by atoms with Gasteiger partial charge in [-0.3, -0.25) is 0 Å². The predicted molar refractivity (Wildman–Crippen MR) is 86.3 cm³/mol. The molecule has 1 aromatic heterocycles. The number of hydrogen-bond acceptors (Lipinski definition) is 5. The Hall–Kier alpha value is -0.720. The Balaban J connectivity index is 2.33. The number of ether oxygens (including phenoxy) is 2. The molecule has 1 aliphatic carbocycles. The molecule has 0 aliphatic heterocycles. The van der Waals surface area contributed by atoms with E-state index in [4.69, 9.17) is 9.47 Å². The third-order valence-corrected chi connectivity index (χ3v) is 4.87. The number of halogens is 1. The summed E-state index contributed by atoms with van der Waals surface area (Å²) in [7, 11) is 5.28. The molecule has 0 saturated heterocycles. The van der Waals surface area contributed by atoms with Gasteiger partial charge in [0.2, 0.25) is 0 Å². The fraction of sp³-hybridized carbons (Fsp3) is 0.733. The van der Waals surface area contributed by atoms with E-state index < -0.39 is 0 Å². The normalized spacial score (nSPS) is 17.7. The first-order valence-electron chi connectivity index (χ1n) is 7.47. The van der Waals surface area contributed by atoms with Crippen molar-refractivity contribution in [2.45, 2.75) is 44.8 Å². The molecule has 1 fully saturated rings. The van der Waals surface area contributed by atoms with Gasteiger partial charge in [-0.25, -0.2) is 9.97 Å². The number of hydrogen-bond donors (Lipinski definition) is 1. The first kappa shape index (κ1) is 16.6. The van der Waals surface area contributed by atoms with Gasteiger partial charge in [0.05, 0.1) is 16.8 Å². The smallest absolute Gasteiger partial charge is 0.160 e. The monoisotopic (exact) mass is 357 g/mol. The number of nitrogens with zero attached hydrogens (tertiary/aromatic N) is 2. The van der Waals surface area contributed by atoms with E-state index in [1.54, 1.807) is 14.2 Å². The molecule has 1 aromatic rings. The minimum absolute atomic E-state index is 0.0406. The summed E-state index contributed by atoms with van der Waals surface area (Å²) in [6.45, 7) is 0.450. The Labute approximate surface area is 135 Å². The molecule has 21 heavy (non-hydrogen) atoms. The fourth-order valence-electron chi connectivity index (χ4n) is 2.98. The quantitative estimate of drug-likeness (QED) is 0.841. The van der Waals surface area contributed by atoms with Crippen molar-refractivity contribution < 1.29 is 9.47 Å². The van der Waals surface area contributed by atoms with Crippen LogP contribution < -0.4 is 5.32 Å². The van der Waals surface area contributed by atoms with Crippen LogP contribution in [0.2, 0.25) is 0 Å². The zero-order valence-electron chi connectivity index (χ0n) is 13.0. The summed E-state index contributed by atoms with van der Waals surface area (Å²) in [6, 6.07) is 0. The summed E-state index contributed by atoms with van der Waals surface area (Å²) < 4.78 is 11.8. The first-order chi connectivity index (χ1) is 10.2. The van der Waals surface area contributed by atoms with Gasteiger partial charge < -0.3 is 14.8 Å². The molecule has 2 rings (SSSR count). The van der Waals surface area contributed by atoms with E-state index in [0.29, 0.717) is 12.5 Å². The zero-order chi connectivity index (χ0) is 15.2. The third kappa shape index (κ3) is 3.93. The molecule has 118 valence electrons. The van der Waals surface area contributed by atoms with Crippen LogP contribution in [0.3, 0.4) is 0 Å². The Morgan fingerprint density at radius 1 is 1.24 bits per heavy atom. The highest BCUT2D eigenvalue weighted by Crippen LogP contribution is 2.36. The molecule has 0 aromatic carbocycles. The largest absolute Gasteiger partial charge is 0.378 e. The van der Waals surface area contributed by atoms with Crippen LogP contribution in [0.25, 0.3) is 0 Å². The highest BCUT2D eigenvalue weighted by atomic mass is 79.9. The summed E-state index contributed by atoms with van der Waals surface area (Å²) in [5.74, 6) is 2.04. The maximum Gasteiger partial charge on any atom is 0.160 e. The van der Waals surface area contributed by atoms with E-state index in [0.717, 1.165) is 21.8 Å². The van der Waals surface area contributed by atoms with Crippen molar-refractivity contribution >= 4 is 21.7 Å². The molecule has 6 heteroatoms. The van der Waals surface area contributed by atoms with E-state index in [1.807, 2.05) is 7.05 Å². The molecular weight excluding hydrogens is 334 g/mol. The lowest BCUT2D eigenvalue weighted by Gasteiger charge is -2.28. The van der Waals surface area contributed by atoms with Crippen LogP contribution >= 0.6 is 15.9 Å². The molecular formula is C15H24BrN3O2. The van der Waals surface area contributed by atoms with Crippen molar-refractivity contribution in [2.24, 2.45) is 5.92 Å². The summed E-state index contributed by atoms with van der Waals surface area (Å²) in [5.41, 5.74) is 0.852. The second-order valence-corrected chi connectivity index (χ2v) is 6.22. The van der Waals surface area contributed by atoms with Crippen LogP contribution in [0.1, 0.15) is 49.7 Å². The Kier molecular flexibility index (Phi) is 6.39. The average molecular weight is 358 g/mol. The SMILES string of the molecule is CNc1nc(C(OC)C2CCCCC2)nc(COC)c1Br. The van der Waals surface area contributed by atoms with Gasteiger partial charge in [0.1, 0.15) is 11.9 Å². The number of aromatic nitrogens is 2. The van der Waals surface area contributed by atoms with E-state index in [-0.39, 0.29) is 6.10 Å². The van der Waals surface area contributed by atoms with Gasteiger partial charge in [-0.15, -0.1) is 0 Å².